The van der Waals surface area contributed by atoms with E-state index in [1.165, 1.54) is 5.57 Å². The number of rotatable bonds is 2. The van der Waals surface area contributed by atoms with Gasteiger partial charge in [-0.2, -0.15) is 0 Å². The molecule has 0 fully saturated rings. The first-order valence-electron chi connectivity index (χ1n) is 6.19. The molecule has 1 aliphatic heterocycles. The van der Waals surface area contributed by atoms with Gasteiger partial charge in [0.1, 0.15) is 0 Å². The molecule has 0 aromatic rings. The second kappa shape index (κ2) is 6.23. The van der Waals surface area contributed by atoms with Crippen molar-refractivity contribution in [3.8, 4) is 0 Å². The monoisotopic (exact) mass is 272 g/mol. The van der Waals surface area contributed by atoms with Crippen LogP contribution in [-0.4, -0.2) is 35.8 Å². The molecule has 5 heteroatoms. The van der Waals surface area contributed by atoms with Gasteiger partial charge in [-0.05, 0) is 11.8 Å². The zero-order valence-electron chi connectivity index (χ0n) is 11.3. The van der Waals surface area contributed by atoms with Crippen LogP contribution in [0.25, 0.3) is 0 Å². The van der Waals surface area contributed by atoms with E-state index in [9.17, 15) is 9.59 Å². The predicted octanol–water partition coefficient (Wildman–Crippen LogP) is 2.53. The molecule has 102 valence electrons. The quantitative estimate of drug-likeness (QED) is 0.620. The summed E-state index contributed by atoms with van der Waals surface area (Å²) in [6.45, 7) is 7.71. The molecule has 0 radical (unpaired) electrons. The van der Waals surface area contributed by atoms with Crippen LogP contribution in [0.15, 0.2) is 11.6 Å². The van der Waals surface area contributed by atoms with Crippen LogP contribution in [-0.2, 0) is 4.79 Å². The van der Waals surface area contributed by atoms with Crippen molar-refractivity contribution in [2.24, 2.45) is 5.41 Å². The van der Waals surface area contributed by atoms with Gasteiger partial charge in [0.05, 0.1) is 0 Å². The molecule has 0 saturated heterocycles. The Morgan fingerprint density at radius 3 is 2.56 bits per heavy atom. The Hall–Kier alpha value is -1.03. The molecule has 0 aromatic heterocycles. The Labute approximate surface area is 113 Å². The first-order valence-corrected chi connectivity index (χ1v) is 6.72. The highest BCUT2D eigenvalue weighted by molar-refractivity contribution is 6.19. The maximum Gasteiger partial charge on any atom is 0.324 e. The summed E-state index contributed by atoms with van der Waals surface area (Å²) in [5.74, 6) is -0.0895. The number of urea groups is 1. The number of carbonyl (C=O) groups excluding carboxylic acids is 2. The molecule has 18 heavy (non-hydrogen) atoms. The van der Waals surface area contributed by atoms with E-state index in [0.29, 0.717) is 13.1 Å². The molecule has 0 bridgehead atoms. The minimum atomic E-state index is -0.325. The summed E-state index contributed by atoms with van der Waals surface area (Å²) in [6, 6.07) is -0.325. The number of hydrogen-bond donors (Lipinski definition) is 1. The summed E-state index contributed by atoms with van der Waals surface area (Å²) in [4.78, 5) is 24.7. The fourth-order valence-corrected chi connectivity index (χ4v) is 2.05. The standard InChI is InChI=1S/C13H21ClN2O2/c1-13(2,3)10-5-8-16(9-6-10)12(18)15-11(17)4-7-14/h5H,4,6-9H2,1-3H3,(H,15,17,18). The molecule has 0 unspecified atom stereocenters. The van der Waals surface area contributed by atoms with E-state index in [0.717, 1.165) is 6.42 Å². The van der Waals surface area contributed by atoms with Crippen molar-refractivity contribution in [1.82, 2.24) is 10.2 Å². The topological polar surface area (TPSA) is 49.4 Å². The van der Waals surface area contributed by atoms with Crippen molar-refractivity contribution in [2.75, 3.05) is 19.0 Å². The van der Waals surface area contributed by atoms with Crippen LogP contribution in [0.5, 0.6) is 0 Å². The SMILES string of the molecule is CC(C)(C)C1=CCN(C(=O)NC(=O)CCCl)CC1. The van der Waals surface area contributed by atoms with E-state index in [1.807, 2.05) is 0 Å². The summed E-state index contributed by atoms with van der Waals surface area (Å²) in [5, 5.41) is 2.34. The van der Waals surface area contributed by atoms with Gasteiger partial charge < -0.3 is 4.90 Å². The zero-order chi connectivity index (χ0) is 13.8. The Morgan fingerprint density at radius 1 is 1.44 bits per heavy atom. The molecule has 0 aromatic carbocycles. The third-order valence-electron chi connectivity index (χ3n) is 3.03. The highest BCUT2D eigenvalue weighted by atomic mass is 35.5. The first kappa shape index (κ1) is 15.0. The van der Waals surface area contributed by atoms with Crippen LogP contribution >= 0.6 is 11.6 Å². The molecule has 1 heterocycles. The van der Waals surface area contributed by atoms with Crippen molar-refractivity contribution in [1.29, 1.82) is 0 Å². The fourth-order valence-electron chi connectivity index (χ4n) is 1.88. The predicted molar refractivity (Wildman–Crippen MR) is 72.6 cm³/mol. The Balaban J connectivity index is 2.50. The van der Waals surface area contributed by atoms with Crippen molar-refractivity contribution < 1.29 is 9.59 Å². The molecular formula is C13H21ClN2O2. The summed E-state index contributed by atoms with van der Waals surface area (Å²) in [7, 11) is 0. The van der Waals surface area contributed by atoms with Crippen LogP contribution in [0, 0.1) is 5.41 Å². The molecular weight excluding hydrogens is 252 g/mol. The van der Waals surface area contributed by atoms with E-state index in [2.05, 4.69) is 32.2 Å². The van der Waals surface area contributed by atoms with Gasteiger partial charge in [-0.3, -0.25) is 10.1 Å². The molecule has 0 spiro atoms. The van der Waals surface area contributed by atoms with E-state index in [4.69, 9.17) is 11.6 Å². The molecule has 0 atom stereocenters. The van der Waals surface area contributed by atoms with Crippen molar-refractivity contribution in [2.45, 2.75) is 33.6 Å². The number of nitrogens with one attached hydrogen (secondary N) is 1. The number of alkyl halides is 1. The van der Waals surface area contributed by atoms with Crippen LogP contribution in [0.4, 0.5) is 4.79 Å². The number of imide groups is 1. The van der Waals surface area contributed by atoms with Crippen molar-refractivity contribution in [3.63, 3.8) is 0 Å². The average Bonchev–Trinajstić information content (AvgIpc) is 2.28. The minimum Gasteiger partial charge on any atom is -0.320 e. The third-order valence-corrected chi connectivity index (χ3v) is 3.22. The summed E-state index contributed by atoms with van der Waals surface area (Å²) >= 11 is 5.44. The second-order valence-electron chi connectivity index (χ2n) is 5.47. The van der Waals surface area contributed by atoms with Crippen molar-refractivity contribution >= 4 is 23.5 Å². The van der Waals surface area contributed by atoms with Crippen molar-refractivity contribution in [3.05, 3.63) is 11.6 Å². The molecule has 1 rings (SSSR count). The fraction of sp³-hybridized carbons (Fsp3) is 0.692. The second-order valence-corrected chi connectivity index (χ2v) is 5.85. The number of amides is 3. The normalized spacial score (nSPS) is 16.2. The molecule has 1 N–H and O–H groups in total. The Morgan fingerprint density at radius 2 is 2.11 bits per heavy atom. The van der Waals surface area contributed by atoms with E-state index in [1.54, 1.807) is 4.90 Å². The number of nitrogens with zero attached hydrogens (tertiary/aromatic N) is 1. The average molecular weight is 273 g/mol. The van der Waals surface area contributed by atoms with Gasteiger partial charge in [0.25, 0.3) is 0 Å². The highest BCUT2D eigenvalue weighted by Gasteiger charge is 2.24. The number of halogens is 1. The molecule has 0 saturated carbocycles. The van der Waals surface area contributed by atoms with Gasteiger partial charge in [0.15, 0.2) is 0 Å². The largest absolute Gasteiger partial charge is 0.324 e. The van der Waals surface area contributed by atoms with E-state index < -0.39 is 0 Å². The smallest absolute Gasteiger partial charge is 0.320 e. The molecule has 0 aliphatic carbocycles. The Bertz CT molecular complexity index is 358. The zero-order valence-corrected chi connectivity index (χ0v) is 12.0. The van der Waals surface area contributed by atoms with Gasteiger partial charge in [-0.15, -0.1) is 11.6 Å². The van der Waals surface area contributed by atoms with Gasteiger partial charge in [0, 0.05) is 25.4 Å². The lowest BCUT2D eigenvalue weighted by Crippen LogP contribution is -2.45. The molecule has 1 aliphatic rings. The van der Waals surface area contributed by atoms with Crippen LogP contribution < -0.4 is 5.32 Å². The lowest BCUT2D eigenvalue weighted by atomic mass is 9.83. The maximum atomic E-state index is 11.8. The van der Waals surface area contributed by atoms with Gasteiger partial charge in [-0.25, -0.2) is 4.79 Å². The lowest BCUT2D eigenvalue weighted by Gasteiger charge is -2.32. The lowest BCUT2D eigenvalue weighted by molar-refractivity contribution is -0.119. The number of carbonyl (C=O) groups is 2. The minimum absolute atomic E-state index is 0.150. The molecule has 3 amide bonds. The van der Waals surface area contributed by atoms with Crippen LogP contribution in [0.3, 0.4) is 0 Å². The van der Waals surface area contributed by atoms with Crippen LogP contribution in [0.1, 0.15) is 33.6 Å². The van der Waals surface area contributed by atoms with E-state index in [-0.39, 0.29) is 29.7 Å². The highest BCUT2D eigenvalue weighted by Crippen LogP contribution is 2.29. The molecule has 4 nitrogen and oxygen atoms in total. The van der Waals surface area contributed by atoms with Gasteiger partial charge in [-0.1, -0.05) is 32.4 Å². The summed E-state index contributed by atoms with van der Waals surface area (Å²) in [5.41, 5.74) is 1.51. The summed E-state index contributed by atoms with van der Waals surface area (Å²) < 4.78 is 0. The maximum absolute atomic E-state index is 11.8. The third kappa shape index (κ3) is 4.33. The summed E-state index contributed by atoms with van der Waals surface area (Å²) in [6.07, 6.45) is 3.11. The van der Waals surface area contributed by atoms with Crippen LogP contribution in [0.2, 0.25) is 0 Å². The van der Waals surface area contributed by atoms with E-state index >= 15 is 0 Å². The van der Waals surface area contributed by atoms with Gasteiger partial charge in [0.2, 0.25) is 5.91 Å². The Kier molecular flexibility index (Phi) is 5.20. The first-order chi connectivity index (χ1) is 8.34. The van der Waals surface area contributed by atoms with Gasteiger partial charge >= 0.3 is 6.03 Å². The number of hydrogen-bond acceptors (Lipinski definition) is 2.